The third-order valence-electron chi connectivity index (χ3n) is 1.03. The van der Waals surface area contributed by atoms with E-state index in [9.17, 15) is 9.59 Å². The van der Waals surface area contributed by atoms with Crippen LogP contribution in [0, 0.1) is 0 Å². The van der Waals surface area contributed by atoms with Gasteiger partial charge in [0.15, 0.2) is 0 Å². The maximum Gasteiger partial charge on any atom is 0.218 e. The van der Waals surface area contributed by atoms with Gasteiger partial charge in [-0.1, -0.05) is 0 Å². The van der Waals surface area contributed by atoms with Gasteiger partial charge >= 0.3 is 0 Å². The molecular weight excluding hydrogens is 146 g/mol. The highest BCUT2D eigenvalue weighted by Gasteiger charge is 1.96. The van der Waals surface area contributed by atoms with Crippen molar-refractivity contribution in [3.63, 3.8) is 0 Å². The molecule has 0 atom stereocenters. The van der Waals surface area contributed by atoms with Gasteiger partial charge in [0.2, 0.25) is 11.8 Å². The fraction of sp³-hybridized carbons (Fsp3) is 0.667. The van der Waals surface area contributed by atoms with E-state index >= 15 is 0 Å². The van der Waals surface area contributed by atoms with Crippen molar-refractivity contribution in [2.75, 3.05) is 13.1 Å². The van der Waals surface area contributed by atoms with Crippen LogP contribution >= 0.6 is 0 Å². The summed E-state index contributed by atoms with van der Waals surface area (Å²) in [6.45, 7) is 0.755. The van der Waals surface area contributed by atoms with Crippen LogP contribution in [0.3, 0.4) is 0 Å². The predicted octanol–water partition coefficient (Wildman–Crippen LogP) is -1.66. The summed E-state index contributed by atoms with van der Waals surface area (Å²) in [5, 5.41) is 3.85. The Morgan fingerprint density at radius 3 is 1.64 bits per heavy atom. The third kappa shape index (κ3) is 8.90. The highest BCUT2D eigenvalue weighted by atomic mass is 16.1. The molecule has 0 aliphatic carbocycles. The number of rotatable bonds is 6. The standard InChI is InChI=1S/C6H12N3O2/c7-5(10)1-3-9-4-2-6(8)11/h1-4H2,(H2,7,10)(H2,8,11). The van der Waals surface area contributed by atoms with Crippen LogP contribution < -0.4 is 16.8 Å². The summed E-state index contributed by atoms with van der Waals surface area (Å²) < 4.78 is 0. The molecule has 0 unspecified atom stereocenters. The molecule has 2 amide bonds. The second-order valence-electron chi connectivity index (χ2n) is 2.10. The van der Waals surface area contributed by atoms with Gasteiger partial charge < -0.3 is 11.5 Å². The number of carbonyl (C=O) groups excluding carboxylic acids is 2. The lowest BCUT2D eigenvalue weighted by molar-refractivity contribution is -0.118. The van der Waals surface area contributed by atoms with E-state index in [1.807, 2.05) is 0 Å². The van der Waals surface area contributed by atoms with Gasteiger partial charge in [-0.2, -0.15) is 0 Å². The molecule has 0 aromatic carbocycles. The maximum atomic E-state index is 10.2. The van der Waals surface area contributed by atoms with Crippen molar-refractivity contribution in [3.05, 3.63) is 0 Å². The number of amides is 2. The summed E-state index contributed by atoms with van der Waals surface area (Å²) in [6, 6.07) is 0. The molecule has 4 N–H and O–H groups in total. The van der Waals surface area contributed by atoms with Gasteiger partial charge in [-0.15, -0.1) is 0 Å². The molecule has 1 radical (unpaired) electrons. The topological polar surface area (TPSA) is 100 Å². The Bertz CT molecular complexity index is 131. The van der Waals surface area contributed by atoms with Crippen LogP contribution in [0.4, 0.5) is 0 Å². The van der Waals surface area contributed by atoms with E-state index in [-0.39, 0.29) is 24.7 Å². The third-order valence-corrected chi connectivity index (χ3v) is 1.03. The lowest BCUT2D eigenvalue weighted by Crippen LogP contribution is -2.21. The van der Waals surface area contributed by atoms with Crippen molar-refractivity contribution >= 4 is 11.8 Å². The quantitative estimate of drug-likeness (QED) is 0.452. The average molecular weight is 158 g/mol. The Balaban J connectivity index is 3.03. The number of carbonyl (C=O) groups is 2. The van der Waals surface area contributed by atoms with Crippen molar-refractivity contribution in [2.24, 2.45) is 11.5 Å². The smallest absolute Gasteiger partial charge is 0.218 e. The minimum atomic E-state index is -0.382. The average Bonchev–Trinajstić information content (AvgIpc) is 1.85. The largest absolute Gasteiger partial charge is 0.370 e. The van der Waals surface area contributed by atoms with Gasteiger partial charge in [-0.05, 0) is 0 Å². The zero-order valence-electron chi connectivity index (χ0n) is 6.25. The van der Waals surface area contributed by atoms with E-state index in [2.05, 4.69) is 5.32 Å². The van der Waals surface area contributed by atoms with Crippen molar-refractivity contribution in [2.45, 2.75) is 12.8 Å². The zero-order chi connectivity index (χ0) is 8.69. The summed E-state index contributed by atoms with van der Waals surface area (Å²) in [5.74, 6) is -0.763. The van der Waals surface area contributed by atoms with Crippen LogP contribution in [0.2, 0.25) is 0 Å². The zero-order valence-corrected chi connectivity index (χ0v) is 6.25. The Morgan fingerprint density at radius 2 is 1.36 bits per heavy atom. The number of hydrogen-bond donors (Lipinski definition) is 2. The van der Waals surface area contributed by atoms with Gasteiger partial charge in [0, 0.05) is 25.9 Å². The first-order chi connectivity index (χ1) is 5.13. The van der Waals surface area contributed by atoms with Crippen LogP contribution in [-0.2, 0) is 9.59 Å². The molecular formula is C6H12N3O2. The van der Waals surface area contributed by atoms with E-state index in [1.54, 1.807) is 0 Å². The Labute approximate surface area is 65.1 Å². The summed E-state index contributed by atoms with van der Waals surface area (Å²) in [4.78, 5) is 20.3. The maximum absolute atomic E-state index is 10.2. The van der Waals surface area contributed by atoms with Gasteiger partial charge in [-0.25, -0.2) is 5.32 Å². The minimum absolute atomic E-state index is 0.235. The second kappa shape index (κ2) is 5.67. The highest BCUT2D eigenvalue weighted by molar-refractivity contribution is 5.74. The first-order valence-corrected chi connectivity index (χ1v) is 3.33. The molecule has 0 aliphatic heterocycles. The van der Waals surface area contributed by atoms with E-state index in [0.717, 1.165) is 0 Å². The second-order valence-corrected chi connectivity index (χ2v) is 2.10. The van der Waals surface area contributed by atoms with Crippen LogP contribution in [0.5, 0.6) is 0 Å². The molecule has 0 heterocycles. The summed E-state index contributed by atoms with van der Waals surface area (Å²) in [5.41, 5.74) is 9.69. The first kappa shape index (κ1) is 9.90. The summed E-state index contributed by atoms with van der Waals surface area (Å²) >= 11 is 0. The summed E-state index contributed by atoms with van der Waals surface area (Å²) in [6.07, 6.45) is 0.470. The van der Waals surface area contributed by atoms with Gasteiger partial charge in [0.1, 0.15) is 0 Å². The number of nitrogens with zero attached hydrogens (tertiary/aromatic N) is 1. The van der Waals surface area contributed by atoms with Crippen molar-refractivity contribution < 1.29 is 9.59 Å². The summed E-state index contributed by atoms with van der Waals surface area (Å²) in [7, 11) is 0. The Hall–Kier alpha value is -1.10. The molecule has 5 nitrogen and oxygen atoms in total. The normalized spacial score (nSPS) is 9.45. The van der Waals surface area contributed by atoms with Gasteiger partial charge in [0.25, 0.3) is 0 Å². The van der Waals surface area contributed by atoms with Crippen LogP contribution in [-0.4, -0.2) is 24.9 Å². The van der Waals surface area contributed by atoms with Gasteiger partial charge in [0.05, 0.1) is 0 Å². The van der Waals surface area contributed by atoms with E-state index in [4.69, 9.17) is 11.5 Å². The monoisotopic (exact) mass is 158 g/mol. The molecule has 5 heteroatoms. The molecule has 0 bridgehead atoms. The molecule has 0 aliphatic rings. The molecule has 0 saturated carbocycles. The Morgan fingerprint density at radius 1 is 1.00 bits per heavy atom. The number of hydrogen-bond acceptors (Lipinski definition) is 2. The number of primary amides is 2. The van der Waals surface area contributed by atoms with E-state index in [1.165, 1.54) is 0 Å². The SMILES string of the molecule is NC(=O)CC[N]CCC(N)=O. The van der Waals surface area contributed by atoms with Crippen molar-refractivity contribution in [1.82, 2.24) is 5.32 Å². The highest BCUT2D eigenvalue weighted by Crippen LogP contribution is 1.77. The molecule has 0 spiro atoms. The molecule has 0 fully saturated rings. The van der Waals surface area contributed by atoms with E-state index < -0.39 is 0 Å². The molecule has 63 valence electrons. The minimum Gasteiger partial charge on any atom is -0.370 e. The molecule has 0 aromatic heterocycles. The van der Waals surface area contributed by atoms with Crippen LogP contribution in [0.15, 0.2) is 0 Å². The van der Waals surface area contributed by atoms with Crippen LogP contribution in [0.25, 0.3) is 0 Å². The fourth-order valence-electron chi connectivity index (χ4n) is 0.490. The molecule has 0 rings (SSSR count). The lowest BCUT2D eigenvalue weighted by Gasteiger charge is -1.96. The molecule has 0 saturated heterocycles. The molecule has 11 heavy (non-hydrogen) atoms. The van der Waals surface area contributed by atoms with Crippen LogP contribution in [0.1, 0.15) is 12.8 Å². The molecule has 0 aromatic rings. The van der Waals surface area contributed by atoms with E-state index in [0.29, 0.717) is 13.1 Å². The predicted molar refractivity (Wildman–Crippen MR) is 39.5 cm³/mol. The lowest BCUT2D eigenvalue weighted by atomic mass is 10.3. The first-order valence-electron chi connectivity index (χ1n) is 3.33. The van der Waals surface area contributed by atoms with Crippen molar-refractivity contribution in [1.29, 1.82) is 0 Å². The van der Waals surface area contributed by atoms with Gasteiger partial charge in [-0.3, -0.25) is 9.59 Å². The fourth-order valence-corrected chi connectivity index (χ4v) is 0.490. The van der Waals surface area contributed by atoms with Crippen molar-refractivity contribution in [3.8, 4) is 0 Å². The Kier molecular flexibility index (Phi) is 5.10. The number of nitrogens with two attached hydrogens (primary N) is 2.